The Morgan fingerprint density at radius 1 is 1.50 bits per heavy atom. The smallest absolute Gasteiger partial charge is 0.332 e. The maximum atomic E-state index is 10.7. The van der Waals surface area contributed by atoms with Crippen LogP contribution in [-0.4, -0.2) is 47.6 Å². The van der Waals surface area contributed by atoms with Crippen LogP contribution < -0.4 is 5.32 Å². The minimum atomic E-state index is -0.876. The van der Waals surface area contributed by atoms with Gasteiger partial charge in [-0.05, 0) is 25.7 Å². The molecule has 0 spiro atoms. The highest BCUT2D eigenvalue weighted by Crippen LogP contribution is 2.19. The topological polar surface area (TPSA) is 78.8 Å². The molecule has 1 aliphatic heterocycles. The molecule has 5 heteroatoms. The van der Waals surface area contributed by atoms with Gasteiger partial charge in [0.1, 0.15) is 0 Å². The summed E-state index contributed by atoms with van der Waals surface area (Å²) in [6.07, 6.45) is 0.710. The first-order valence-corrected chi connectivity index (χ1v) is 5.77. The van der Waals surface area contributed by atoms with Crippen molar-refractivity contribution in [3.8, 4) is 0 Å². The Bertz CT molecular complexity index is 234. The second-order valence-electron chi connectivity index (χ2n) is 4.52. The predicted molar refractivity (Wildman–Crippen MR) is 59.2 cm³/mol. The van der Waals surface area contributed by atoms with E-state index in [1.54, 1.807) is 0 Å². The van der Waals surface area contributed by atoms with Crippen LogP contribution in [0.25, 0.3) is 0 Å². The Morgan fingerprint density at radius 3 is 2.69 bits per heavy atom. The van der Waals surface area contributed by atoms with Crippen molar-refractivity contribution in [3.63, 3.8) is 0 Å². The summed E-state index contributed by atoms with van der Waals surface area (Å²) < 4.78 is 5.36. The molecule has 1 saturated heterocycles. The SMILES string of the molecule is CC(CO)C(C)NCC1CCC(C(=O)O)O1. The van der Waals surface area contributed by atoms with Crippen molar-refractivity contribution < 1.29 is 19.7 Å². The fourth-order valence-electron chi connectivity index (χ4n) is 1.71. The zero-order valence-electron chi connectivity index (χ0n) is 9.85. The number of rotatable bonds is 6. The van der Waals surface area contributed by atoms with Crippen LogP contribution >= 0.6 is 0 Å². The van der Waals surface area contributed by atoms with E-state index < -0.39 is 12.1 Å². The summed E-state index contributed by atoms with van der Waals surface area (Å²) in [7, 11) is 0. The molecular weight excluding hydrogens is 210 g/mol. The standard InChI is InChI=1S/C11H21NO4/c1-7(6-13)8(2)12-5-9-3-4-10(16-9)11(14)15/h7-10,12-13H,3-6H2,1-2H3,(H,14,15). The molecule has 0 aromatic rings. The van der Waals surface area contributed by atoms with E-state index in [1.807, 2.05) is 13.8 Å². The van der Waals surface area contributed by atoms with Gasteiger partial charge in [0.25, 0.3) is 0 Å². The number of aliphatic hydroxyl groups is 1. The molecular formula is C11H21NO4. The van der Waals surface area contributed by atoms with Crippen LogP contribution in [0.3, 0.4) is 0 Å². The van der Waals surface area contributed by atoms with Gasteiger partial charge in [0.15, 0.2) is 6.10 Å². The van der Waals surface area contributed by atoms with Crippen LogP contribution in [0.4, 0.5) is 0 Å². The summed E-state index contributed by atoms with van der Waals surface area (Å²) in [5, 5.41) is 21.0. The summed E-state index contributed by atoms with van der Waals surface area (Å²) in [6.45, 7) is 4.77. The van der Waals surface area contributed by atoms with Crippen LogP contribution in [0.5, 0.6) is 0 Å². The lowest BCUT2D eigenvalue weighted by atomic mass is 10.0. The molecule has 0 aliphatic carbocycles. The van der Waals surface area contributed by atoms with Gasteiger partial charge in [-0.3, -0.25) is 0 Å². The van der Waals surface area contributed by atoms with Gasteiger partial charge in [0, 0.05) is 19.2 Å². The van der Waals surface area contributed by atoms with Gasteiger partial charge in [-0.25, -0.2) is 4.79 Å². The van der Waals surface area contributed by atoms with E-state index in [9.17, 15) is 4.79 Å². The van der Waals surface area contributed by atoms with Crippen molar-refractivity contribution in [1.82, 2.24) is 5.32 Å². The third kappa shape index (κ3) is 3.73. The molecule has 0 radical (unpaired) electrons. The summed E-state index contributed by atoms with van der Waals surface area (Å²) in [6, 6.07) is 0.206. The molecule has 0 aromatic carbocycles. The number of carbonyl (C=O) groups is 1. The quantitative estimate of drug-likeness (QED) is 0.609. The molecule has 1 fully saturated rings. The normalized spacial score (nSPS) is 28.9. The van der Waals surface area contributed by atoms with Gasteiger partial charge in [0.05, 0.1) is 6.10 Å². The van der Waals surface area contributed by atoms with Gasteiger partial charge in [-0.1, -0.05) is 6.92 Å². The van der Waals surface area contributed by atoms with E-state index in [2.05, 4.69) is 5.32 Å². The first-order chi connectivity index (χ1) is 7.54. The van der Waals surface area contributed by atoms with Crippen molar-refractivity contribution in [2.75, 3.05) is 13.2 Å². The molecule has 4 unspecified atom stereocenters. The summed E-state index contributed by atoms with van der Waals surface area (Å²) in [4.78, 5) is 10.7. The van der Waals surface area contributed by atoms with Gasteiger partial charge < -0.3 is 20.3 Å². The van der Waals surface area contributed by atoms with Crippen molar-refractivity contribution in [2.24, 2.45) is 5.92 Å². The van der Waals surface area contributed by atoms with Crippen LogP contribution in [-0.2, 0) is 9.53 Å². The highest BCUT2D eigenvalue weighted by molar-refractivity contribution is 5.72. The Hall–Kier alpha value is -0.650. The number of nitrogens with one attached hydrogen (secondary N) is 1. The van der Waals surface area contributed by atoms with Crippen LogP contribution in [0, 0.1) is 5.92 Å². The monoisotopic (exact) mass is 231 g/mol. The Morgan fingerprint density at radius 2 is 2.19 bits per heavy atom. The second-order valence-corrected chi connectivity index (χ2v) is 4.52. The molecule has 0 amide bonds. The number of carboxylic acid groups (broad SMARTS) is 1. The molecule has 0 saturated carbocycles. The largest absolute Gasteiger partial charge is 0.479 e. The molecule has 1 rings (SSSR count). The number of aliphatic hydroxyl groups excluding tert-OH is 1. The molecule has 1 heterocycles. The van der Waals surface area contributed by atoms with Gasteiger partial charge in [0.2, 0.25) is 0 Å². The van der Waals surface area contributed by atoms with E-state index in [4.69, 9.17) is 14.9 Å². The molecule has 0 bridgehead atoms. The van der Waals surface area contributed by atoms with E-state index in [0.29, 0.717) is 13.0 Å². The minimum Gasteiger partial charge on any atom is -0.479 e. The van der Waals surface area contributed by atoms with E-state index in [0.717, 1.165) is 6.42 Å². The fraction of sp³-hybridized carbons (Fsp3) is 0.909. The lowest BCUT2D eigenvalue weighted by Gasteiger charge is -2.21. The Balaban J connectivity index is 2.22. The first kappa shape index (κ1) is 13.4. The van der Waals surface area contributed by atoms with Crippen LogP contribution in [0.2, 0.25) is 0 Å². The molecule has 5 nitrogen and oxygen atoms in total. The number of hydrogen-bond acceptors (Lipinski definition) is 4. The van der Waals surface area contributed by atoms with E-state index in [-0.39, 0.29) is 24.7 Å². The fourth-order valence-corrected chi connectivity index (χ4v) is 1.71. The minimum absolute atomic E-state index is 0.0190. The van der Waals surface area contributed by atoms with Crippen molar-refractivity contribution >= 4 is 5.97 Å². The van der Waals surface area contributed by atoms with Gasteiger partial charge >= 0.3 is 5.97 Å². The van der Waals surface area contributed by atoms with Crippen LogP contribution in [0.1, 0.15) is 26.7 Å². The molecule has 3 N–H and O–H groups in total. The lowest BCUT2D eigenvalue weighted by molar-refractivity contribution is -0.149. The van der Waals surface area contributed by atoms with Gasteiger partial charge in [-0.15, -0.1) is 0 Å². The lowest BCUT2D eigenvalue weighted by Crippen LogP contribution is -2.39. The maximum absolute atomic E-state index is 10.7. The highest BCUT2D eigenvalue weighted by Gasteiger charge is 2.30. The summed E-state index contributed by atoms with van der Waals surface area (Å²) >= 11 is 0. The summed E-state index contributed by atoms with van der Waals surface area (Å²) in [5.74, 6) is -0.684. The van der Waals surface area contributed by atoms with Crippen LogP contribution in [0.15, 0.2) is 0 Å². The third-order valence-corrected chi connectivity index (χ3v) is 3.19. The van der Waals surface area contributed by atoms with Crippen molar-refractivity contribution in [2.45, 2.75) is 44.9 Å². The Kier molecular flexibility index (Phi) is 5.18. The number of aliphatic carboxylic acids is 1. The molecule has 4 atom stereocenters. The first-order valence-electron chi connectivity index (χ1n) is 5.77. The summed E-state index contributed by atoms with van der Waals surface area (Å²) in [5.41, 5.74) is 0. The van der Waals surface area contributed by atoms with E-state index in [1.165, 1.54) is 0 Å². The highest BCUT2D eigenvalue weighted by atomic mass is 16.5. The van der Waals surface area contributed by atoms with Crippen molar-refractivity contribution in [3.05, 3.63) is 0 Å². The molecule has 1 aliphatic rings. The number of ether oxygens (including phenoxy) is 1. The molecule has 16 heavy (non-hydrogen) atoms. The molecule has 0 aromatic heterocycles. The van der Waals surface area contributed by atoms with Crippen molar-refractivity contribution in [1.29, 1.82) is 0 Å². The van der Waals surface area contributed by atoms with E-state index >= 15 is 0 Å². The number of hydrogen-bond donors (Lipinski definition) is 3. The second kappa shape index (κ2) is 6.18. The molecule has 94 valence electrons. The third-order valence-electron chi connectivity index (χ3n) is 3.19. The predicted octanol–water partition coefficient (Wildman–Crippen LogP) is 0.225. The average Bonchev–Trinajstić information content (AvgIpc) is 2.73. The Labute approximate surface area is 95.8 Å². The maximum Gasteiger partial charge on any atom is 0.332 e. The zero-order valence-corrected chi connectivity index (χ0v) is 9.85. The number of carboxylic acids is 1. The average molecular weight is 231 g/mol. The van der Waals surface area contributed by atoms with Gasteiger partial charge in [-0.2, -0.15) is 0 Å². The zero-order chi connectivity index (χ0) is 12.1.